The SMILES string of the molecule is O=C(O)C1CCc2sc(NC3CCN4CCCC34)nc21. The second-order valence-corrected chi connectivity index (χ2v) is 7.13. The van der Waals surface area contributed by atoms with Crippen molar-refractivity contribution < 1.29 is 9.90 Å². The Labute approximate surface area is 122 Å². The number of aromatic nitrogens is 1. The van der Waals surface area contributed by atoms with E-state index in [-0.39, 0.29) is 5.92 Å². The van der Waals surface area contributed by atoms with Gasteiger partial charge in [0.25, 0.3) is 0 Å². The normalized spacial score (nSPS) is 32.3. The molecule has 0 amide bonds. The molecule has 6 heteroatoms. The van der Waals surface area contributed by atoms with Crippen LogP contribution in [0.5, 0.6) is 0 Å². The molecular formula is C14H19N3O2S. The van der Waals surface area contributed by atoms with E-state index in [2.05, 4.69) is 15.2 Å². The molecule has 3 aliphatic rings. The molecule has 1 aromatic rings. The van der Waals surface area contributed by atoms with E-state index in [0.717, 1.165) is 17.2 Å². The van der Waals surface area contributed by atoms with Crippen LogP contribution in [0.2, 0.25) is 0 Å². The highest BCUT2D eigenvalue weighted by molar-refractivity contribution is 7.15. The summed E-state index contributed by atoms with van der Waals surface area (Å²) >= 11 is 1.66. The van der Waals surface area contributed by atoms with Gasteiger partial charge in [-0.3, -0.25) is 9.69 Å². The van der Waals surface area contributed by atoms with Gasteiger partial charge in [0.15, 0.2) is 5.13 Å². The van der Waals surface area contributed by atoms with Crippen molar-refractivity contribution in [3.05, 3.63) is 10.6 Å². The van der Waals surface area contributed by atoms with Crippen molar-refractivity contribution in [2.24, 2.45) is 0 Å². The van der Waals surface area contributed by atoms with Crippen molar-refractivity contribution in [2.45, 2.75) is 50.1 Å². The summed E-state index contributed by atoms with van der Waals surface area (Å²) in [4.78, 5) is 19.5. The van der Waals surface area contributed by atoms with Gasteiger partial charge in [-0.1, -0.05) is 0 Å². The highest BCUT2D eigenvalue weighted by Gasteiger charge is 2.38. The molecule has 0 aromatic carbocycles. The minimum atomic E-state index is -0.733. The number of carboxylic acid groups (broad SMARTS) is 1. The standard InChI is InChI=1S/C14H19N3O2S/c18-13(19)8-3-4-11-12(8)16-14(20-11)15-9-5-7-17-6-1-2-10(9)17/h8-10H,1-7H2,(H,15,16)(H,18,19). The lowest BCUT2D eigenvalue weighted by Crippen LogP contribution is -2.33. The summed E-state index contributed by atoms with van der Waals surface area (Å²) in [6, 6.07) is 1.15. The van der Waals surface area contributed by atoms with Crippen molar-refractivity contribution >= 4 is 22.4 Å². The molecule has 2 aliphatic heterocycles. The van der Waals surface area contributed by atoms with Crippen LogP contribution in [0, 0.1) is 0 Å². The second kappa shape index (κ2) is 4.70. The molecular weight excluding hydrogens is 274 g/mol. The van der Waals surface area contributed by atoms with E-state index in [4.69, 9.17) is 0 Å². The molecule has 20 heavy (non-hydrogen) atoms. The van der Waals surface area contributed by atoms with Crippen molar-refractivity contribution in [1.29, 1.82) is 0 Å². The third-order valence-electron chi connectivity index (χ3n) is 4.93. The molecule has 0 saturated carbocycles. The van der Waals surface area contributed by atoms with Crippen LogP contribution in [0.25, 0.3) is 0 Å². The number of hydrogen-bond donors (Lipinski definition) is 2. The Kier molecular flexibility index (Phi) is 2.96. The van der Waals surface area contributed by atoms with Crippen molar-refractivity contribution in [3.63, 3.8) is 0 Å². The van der Waals surface area contributed by atoms with Gasteiger partial charge in [0.1, 0.15) is 5.92 Å². The van der Waals surface area contributed by atoms with Crippen LogP contribution in [-0.4, -0.2) is 46.1 Å². The fraction of sp³-hybridized carbons (Fsp3) is 0.714. The minimum absolute atomic E-state index is 0.386. The number of aryl methyl sites for hydroxylation is 1. The van der Waals surface area contributed by atoms with Gasteiger partial charge in [0.2, 0.25) is 0 Å². The zero-order valence-corrected chi connectivity index (χ0v) is 12.2. The molecule has 108 valence electrons. The molecule has 2 saturated heterocycles. The molecule has 0 radical (unpaired) electrons. The molecule has 0 bridgehead atoms. The first-order valence-corrected chi connectivity index (χ1v) is 8.27. The van der Waals surface area contributed by atoms with Crippen molar-refractivity contribution in [2.75, 3.05) is 18.4 Å². The van der Waals surface area contributed by atoms with Crippen LogP contribution in [-0.2, 0) is 11.2 Å². The Bertz CT molecular complexity index is 545. The lowest BCUT2D eigenvalue weighted by atomic mass is 10.1. The fourth-order valence-electron chi connectivity index (χ4n) is 3.94. The van der Waals surface area contributed by atoms with Gasteiger partial charge in [-0.25, -0.2) is 4.98 Å². The van der Waals surface area contributed by atoms with Crippen LogP contribution in [0.4, 0.5) is 5.13 Å². The summed E-state index contributed by atoms with van der Waals surface area (Å²) < 4.78 is 0. The van der Waals surface area contributed by atoms with Gasteiger partial charge in [-0.05, 0) is 38.6 Å². The van der Waals surface area contributed by atoms with Gasteiger partial charge in [-0.15, -0.1) is 11.3 Å². The van der Waals surface area contributed by atoms with Crippen LogP contribution in [0.1, 0.15) is 42.2 Å². The number of fused-ring (bicyclic) bond motifs is 2. The first-order chi connectivity index (χ1) is 9.72. The molecule has 2 N–H and O–H groups in total. The molecule has 5 nitrogen and oxygen atoms in total. The van der Waals surface area contributed by atoms with E-state index in [1.807, 2.05) is 0 Å². The average molecular weight is 293 g/mol. The quantitative estimate of drug-likeness (QED) is 0.891. The smallest absolute Gasteiger partial charge is 0.312 e. The highest BCUT2D eigenvalue weighted by atomic mass is 32.1. The van der Waals surface area contributed by atoms with E-state index in [1.165, 1.54) is 37.2 Å². The predicted octanol–water partition coefficient (Wildman–Crippen LogP) is 1.91. The van der Waals surface area contributed by atoms with Gasteiger partial charge < -0.3 is 10.4 Å². The van der Waals surface area contributed by atoms with Crippen LogP contribution >= 0.6 is 11.3 Å². The monoisotopic (exact) mass is 293 g/mol. The Hall–Kier alpha value is -1.14. The summed E-state index contributed by atoms with van der Waals surface area (Å²) in [5, 5.41) is 13.7. The molecule has 1 aromatic heterocycles. The maximum absolute atomic E-state index is 11.2. The molecule has 0 spiro atoms. The summed E-state index contributed by atoms with van der Waals surface area (Å²) in [6.07, 6.45) is 5.34. The summed E-state index contributed by atoms with van der Waals surface area (Å²) in [5.41, 5.74) is 0.811. The Balaban J connectivity index is 1.50. The van der Waals surface area contributed by atoms with E-state index in [0.29, 0.717) is 18.5 Å². The van der Waals surface area contributed by atoms with Crippen molar-refractivity contribution in [3.8, 4) is 0 Å². The number of rotatable bonds is 3. The van der Waals surface area contributed by atoms with Gasteiger partial charge in [-0.2, -0.15) is 0 Å². The predicted molar refractivity (Wildman–Crippen MR) is 77.4 cm³/mol. The van der Waals surface area contributed by atoms with E-state index < -0.39 is 5.97 Å². The number of nitrogens with one attached hydrogen (secondary N) is 1. The lowest BCUT2D eigenvalue weighted by molar-refractivity contribution is -0.138. The lowest BCUT2D eigenvalue weighted by Gasteiger charge is -2.20. The average Bonchev–Trinajstić information content (AvgIpc) is 3.10. The number of aliphatic carboxylic acids is 1. The van der Waals surface area contributed by atoms with Gasteiger partial charge in [0, 0.05) is 23.5 Å². The van der Waals surface area contributed by atoms with Crippen LogP contribution in [0.15, 0.2) is 0 Å². The summed E-state index contributed by atoms with van der Waals surface area (Å²) in [7, 11) is 0. The fourth-order valence-corrected chi connectivity index (χ4v) is 5.04. The number of anilines is 1. The Morgan fingerprint density at radius 3 is 3.10 bits per heavy atom. The number of thiazole rings is 1. The van der Waals surface area contributed by atoms with Gasteiger partial charge >= 0.3 is 5.97 Å². The number of carbonyl (C=O) groups is 1. The topological polar surface area (TPSA) is 65.5 Å². The van der Waals surface area contributed by atoms with E-state index >= 15 is 0 Å². The summed E-state index contributed by atoms with van der Waals surface area (Å²) in [6.45, 7) is 2.42. The number of carboxylic acids is 1. The third-order valence-corrected chi connectivity index (χ3v) is 5.99. The highest BCUT2D eigenvalue weighted by Crippen LogP contribution is 2.39. The van der Waals surface area contributed by atoms with E-state index in [1.54, 1.807) is 11.3 Å². The number of nitrogens with zero attached hydrogens (tertiary/aromatic N) is 2. The molecule has 1 aliphatic carbocycles. The van der Waals surface area contributed by atoms with Crippen LogP contribution < -0.4 is 5.32 Å². The number of hydrogen-bond acceptors (Lipinski definition) is 5. The van der Waals surface area contributed by atoms with Gasteiger partial charge in [0.05, 0.1) is 5.69 Å². The molecule has 3 heterocycles. The maximum Gasteiger partial charge on any atom is 0.312 e. The first kappa shape index (κ1) is 12.6. The Morgan fingerprint density at radius 1 is 1.35 bits per heavy atom. The molecule has 2 fully saturated rings. The zero-order valence-electron chi connectivity index (χ0n) is 11.3. The Morgan fingerprint density at radius 2 is 2.25 bits per heavy atom. The third kappa shape index (κ3) is 1.93. The summed E-state index contributed by atoms with van der Waals surface area (Å²) in [5.74, 6) is -1.12. The minimum Gasteiger partial charge on any atom is -0.481 e. The largest absolute Gasteiger partial charge is 0.481 e. The maximum atomic E-state index is 11.2. The molecule has 4 rings (SSSR count). The molecule has 3 atom stereocenters. The van der Waals surface area contributed by atoms with Crippen LogP contribution in [0.3, 0.4) is 0 Å². The van der Waals surface area contributed by atoms with E-state index in [9.17, 15) is 9.90 Å². The molecule has 3 unspecified atom stereocenters. The van der Waals surface area contributed by atoms with Crippen molar-refractivity contribution in [1.82, 2.24) is 9.88 Å². The second-order valence-electron chi connectivity index (χ2n) is 6.04. The zero-order chi connectivity index (χ0) is 13.7. The first-order valence-electron chi connectivity index (χ1n) is 7.45.